The quantitative estimate of drug-likeness (QED) is 0.793. The predicted octanol–water partition coefficient (Wildman–Crippen LogP) is 3.81. The summed E-state index contributed by atoms with van der Waals surface area (Å²) in [6.45, 7) is 1.81. The minimum atomic E-state index is -2.53. The van der Waals surface area contributed by atoms with Gasteiger partial charge in [-0.05, 0) is 35.7 Å². The van der Waals surface area contributed by atoms with E-state index in [1.807, 2.05) is 0 Å². The SMILES string of the molecule is CO/N=C1\CC(CO)N(C(=O)c2ccc(-c3cccc(C(F)F)c3C)cc2)C1. The maximum atomic E-state index is 13.1. The van der Waals surface area contributed by atoms with Crippen LogP contribution in [0, 0.1) is 6.92 Å². The highest BCUT2D eigenvalue weighted by Gasteiger charge is 2.33. The van der Waals surface area contributed by atoms with Crippen molar-refractivity contribution in [3.63, 3.8) is 0 Å². The number of alkyl halides is 2. The molecule has 1 saturated heterocycles. The Morgan fingerprint density at radius 1 is 1.29 bits per heavy atom. The molecule has 1 fully saturated rings. The van der Waals surface area contributed by atoms with Crippen LogP contribution in [-0.4, -0.2) is 47.9 Å². The summed E-state index contributed by atoms with van der Waals surface area (Å²) in [5, 5.41) is 13.4. The summed E-state index contributed by atoms with van der Waals surface area (Å²) in [6.07, 6.45) is -2.07. The highest BCUT2D eigenvalue weighted by atomic mass is 19.3. The normalized spacial score (nSPS) is 18.1. The number of hydrogen-bond acceptors (Lipinski definition) is 4. The molecular weight excluding hydrogens is 366 g/mol. The van der Waals surface area contributed by atoms with Gasteiger partial charge < -0.3 is 14.8 Å². The van der Waals surface area contributed by atoms with Crippen LogP contribution in [0.3, 0.4) is 0 Å². The van der Waals surface area contributed by atoms with Gasteiger partial charge in [0.25, 0.3) is 12.3 Å². The van der Waals surface area contributed by atoms with E-state index in [1.54, 1.807) is 48.2 Å². The lowest BCUT2D eigenvalue weighted by Gasteiger charge is -2.22. The molecule has 0 saturated carbocycles. The number of amides is 1. The highest BCUT2D eigenvalue weighted by molar-refractivity contribution is 6.00. The van der Waals surface area contributed by atoms with Crippen molar-refractivity contribution in [2.24, 2.45) is 5.16 Å². The van der Waals surface area contributed by atoms with Crippen molar-refractivity contribution in [1.29, 1.82) is 0 Å². The molecule has 0 aliphatic carbocycles. The molecule has 1 unspecified atom stereocenters. The van der Waals surface area contributed by atoms with Crippen molar-refractivity contribution in [3.8, 4) is 11.1 Å². The second-order valence-electron chi connectivity index (χ2n) is 6.71. The molecule has 28 heavy (non-hydrogen) atoms. The largest absolute Gasteiger partial charge is 0.399 e. The monoisotopic (exact) mass is 388 g/mol. The van der Waals surface area contributed by atoms with Crippen LogP contribution in [0.5, 0.6) is 0 Å². The Kier molecular flexibility index (Phi) is 6.04. The van der Waals surface area contributed by atoms with Gasteiger partial charge in [0, 0.05) is 17.5 Å². The van der Waals surface area contributed by atoms with E-state index in [4.69, 9.17) is 4.84 Å². The molecular formula is C21H22F2N2O3. The molecule has 1 heterocycles. The fourth-order valence-corrected chi connectivity index (χ4v) is 3.53. The third kappa shape index (κ3) is 3.89. The average Bonchev–Trinajstić information content (AvgIpc) is 3.11. The number of rotatable bonds is 5. The minimum Gasteiger partial charge on any atom is -0.399 e. The Balaban J connectivity index is 1.84. The maximum absolute atomic E-state index is 13.1. The Morgan fingerprint density at radius 2 is 2.00 bits per heavy atom. The van der Waals surface area contributed by atoms with Crippen molar-refractivity contribution >= 4 is 11.6 Å². The molecule has 1 aliphatic rings. The Hall–Kier alpha value is -2.80. The molecule has 5 nitrogen and oxygen atoms in total. The molecule has 2 aromatic carbocycles. The first-order chi connectivity index (χ1) is 13.5. The number of carbonyl (C=O) groups is 1. The number of benzene rings is 2. The van der Waals surface area contributed by atoms with E-state index in [9.17, 15) is 18.7 Å². The number of carbonyl (C=O) groups excluding carboxylic acids is 1. The van der Waals surface area contributed by atoms with Crippen LogP contribution in [0.25, 0.3) is 11.1 Å². The minimum absolute atomic E-state index is 0.00506. The van der Waals surface area contributed by atoms with E-state index in [0.29, 0.717) is 35.4 Å². The van der Waals surface area contributed by atoms with Gasteiger partial charge in [0.15, 0.2) is 0 Å². The molecule has 0 radical (unpaired) electrons. The number of halogens is 2. The second kappa shape index (κ2) is 8.48. The summed E-state index contributed by atoms with van der Waals surface area (Å²) in [7, 11) is 1.44. The zero-order chi connectivity index (χ0) is 20.3. The van der Waals surface area contributed by atoms with E-state index in [0.717, 1.165) is 5.56 Å². The van der Waals surface area contributed by atoms with Crippen LogP contribution < -0.4 is 0 Å². The number of likely N-dealkylation sites (tertiary alicyclic amines) is 1. The molecule has 0 bridgehead atoms. The summed E-state index contributed by atoms with van der Waals surface area (Å²) >= 11 is 0. The lowest BCUT2D eigenvalue weighted by molar-refractivity contribution is 0.0680. The Labute approximate surface area is 162 Å². The smallest absolute Gasteiger partial charge is 0.264 e. The number of nitrogens with zero attached hydrogens (tertiary/aromatic N) is 2. The number of oxime groups is 1. The zero-order valence-electron chi connectivity index (χ0n) is 15.7. The molecule has 2 aromatic rings. The van der Waals surface area contributed by atoms with E-state index >= 15 is 0 Å². The third-order valence-electron chi connectivity index (χ3n) is 5.01. The molecule has 0 aromatic heterocycles. The standard InChI is InChI=1S/C21H22F2N2O3/c1-13-18(4-3-5-19(13)20(22)23)14-6-8-15(9-7-14)21(27)25-11-16(24-28-2)10-17(25)12-26/h3-9,17,20,26H,10-12H2,1-2H3/b24-16+. The molecule has 1 N–H and O–H groups in total. The fourth-order valence-electron chi connectivity index (χ4n) is 3.53. The maximum Gasteiger partial charge on any atom is 0.264 e. The third-order valence-corrected chi connectivity index (χ3v) is 5.01. The van der Waals surface area contributed by atoms with E-state index in [1.165, 1.54) is 13.2 Å². The van der Waals surface area contributed by atoms with Gasteiger partial charge in [-0.15, -0.1) is 0 Å². The van der Waals surface area contributed by atoms with Gasteiger partial charge in [0.05, 0.1) is 24.9 Å². The first-order valence-electron chi connectivity index (χ1n) is 8.95. The summed E-state index contributed by atoms with van der Waals surface area (Å²) in [6, 6.07) is 11.3. The summed E-state index contributed by atoms with van der Waals surface area (Å²) < 4.78 is 26.3. The van der Waals surface area contributed by atoms with Gasteiger partial charge >= 0.3 is 0 Å². The van der Waals surface area contributed by atoms with E-state index in [-0.39, 0.29) is 24.1 Å². The first kappa shape index (κ1) is 19.9. The molecule has 1 amide bonds. The van der Waals surface area contributed by atoms with Crippen LogP contribution in [0.4, 0.5) is 8.78 Å². The van der Waals surface area contributed by atoms with E-state index < -0.39 is 6.43 Å². The highest BCUT2D eigenvalue weighted by Crippen LogP contribution is 2.31. The van der Waals surface area contributed by atoms with Crippen LogP contribution >= 0.6 is 0 Å². The van der Waals surface area contributed by atoms with Gasteiger partial charge in [-0.25, -0.2) is 8.78 Å². The zero-order valence-corrected chi connectivity index (χ0v) is 15.7. The van der Waals surface area contributed by atoms with Gasteiger partial charge in [0.1, 0.15) is 7.11 Å². The topological polar surface area (TPSA) is 62.1 Å². The van der Waals surface area contributed by atoms with Crippen molar-refractivity contribution < 1.29 is 23.5 Å². The average molecular weight is 388 g/mol. The fraction of sp³-hybridized carbons (Fsp3) is 0.333. The van der Waals surface area contributed by atoms with Gasteiger partial charge in [0.2, 0.25) is 0 Å². The van der Waals surface area contributed by atoms with Crippen molar-refractivity contribution in [2.75, 3.05) is 20.3 Å². The van der Waals surface area contributed by atoms with Gasteiger partial charge in [-0.3, -0.25) is 4.79 Å². The second-order valence-corrected chi connectivity index (χ2v) is 6.71. The van der Waals surface area contributed by atoms with Crippen molar-refractivity contribution in [2.45, 2.75) is 25.8 Å². The van der Waals surface area contributed by atoms with Crippen molar-refractivity contribution in [1.82, 2.24) is 4.90 Å². The Morgan fingerprint density at radius 3 is 2.61 bits per heavy atom. The van der Waals surface area contributed by atoms with Gasteiger partial charge in [-0.1, -0.05) is 35.5 Å². The summed E-state index contributed by atoms with van der Waals surface area (Å²) in [5.74, 6) is -0.218. The molecule has 3 rings (SSSR count). The van der Waals surface area contributed by atoms with Crippen LogP contribution in [0.15, 0.2) is 47.6 Å². The summed E-state index contributed by atoms with van der Waals surface area (Å²) in [5.41, 5.74) is 3.16. The molecule has 148 valence electrons. The van der Waals surface area contributed by atoms with Crippen molar-refractivity contribution in [3.05, 3.63) is 59.2 Å². The van der Waals surface area contributed by atoms with Crippen LogP contribution in [0.2, 0.25) is 0 Å². The Bertz CT molecular complexity index is 882. The summed E-state index contributed by atoms with van der Waals surface area (Å²) in [4.78, 5) is 19.2. The molecule has 0 spiro atoms. The lowest BCUT2D eigenvalue weighted by Crippen LogP contribution is -2.37. The molecule has 1 aliphatic heterocycles. The lowest BCUT2D eigenvalue weighted by atomic mass is 9.96. The van der Waals surface area contributed by atoms with E-state index in [2.05, 4.69) is 5.16 Å². The predicted molar refractivity (Wildman–Crippen MR) is 103 cm³/mol. The van der Waals surface area contributed by atoms with Crippen LogP contribution in [-0.2, 0) is 4.84 Å². The number of aliphatic hydroxyl groups is 1. The first-order valence-corrected chi connectivity index (χ1v) is 8.95. The molecule has 7 heteroatoms. The van der Waals surface area contributed by atoms with Crippen LogP contribution in [0.1, 0.15) is 34.3 Å². The van der Waals surface area contributed by atoms with Gasteiger partial charge in [-0.2, -0.15) is 0 Å². The molecule has 1 atom stereocenters. The number of aliphatic hydroxyl groups excluding tert-OH is 1. The number of hydrogen-bond donors (Lipinski definition) is 1.